The van der Waals surface area contributed by atoms with Gasteiger partial charge in [-0.3, -0.25) is 14.8 Å². The van der Waals surface area contributed by atoms with E-state index in [2.05, 4.69) is 15.2 Å². The Morgan fingerprint density at radius 3 is 2.79 bits per heavy atom. The van der Waals surface area contributed by atoms with Crippen molar-refractivity contribution in [3.63, 3.8) is 0 Å². The van der Waals surface area contributed by atoms with Gasteiger partial charge >= 0.3 is 5.69 Å². The molecule has 0 amide bonds. The van der Waals surface area contributed by atoms with E-state index in [0.717, 1.165) is 0 Å². The summed E-state index contributed by atoms with van der Waals surface area (Å²) < 4.78 is 10.5. The number of azo groups is 1. The molecule has 0 radical (unpaired) electrons. The zero-order valence-corrected chi connectivity index (χ0v) is 9.54. The lowest BCUT2D eigenvalue weighted by Crippen LogP contribution is -2.23. The molecule has 1 aliphatic rings. The molecule has 1 aromatic heterocycles. The molecule has 0 unspecified atom stereocenters. The van der Waals surface area contributed by atoms with Gasteiger partial charge in [0.2, 0.25) is 18.4 Å². The van der Waals surface area contributed by atoms with Crippen LogP contribution in [-0.2, 0) is 0 Å². The molecule has 0 fully saturated rings. The minimum absolute atomic E-state index is 0.0784. The second kappa shape index (κ2) is 4.41. The molecule has 1 aromatic carbocycles. The van der Waals surface area contributed by atoms with Crippen LogP contribution in [0.15, 0.2) is 44.1 Å². The molecule has 1 aliphatic heterocycles. The molecule has 8 nitrogen and oxygen atoms in total. The SMILES string of the molecule is O=c1[nH]c2c(c(=O)[nH]1)N=Nc1ccccc1OCO2. The first-order valence-corrected chi connectivity index (χ1v) is 5.37. The van der Waals surface area contributed by atoms with Crippen molar-refractivity contribution in [2.75, 3.05) is 6.79 Å². The number of fused-ring (bicyclic) bond motifs is 2. The van der Waals surface area contributed by atoms with Gasteiger partial charge in [0.25, 0.3) is 5.56 Å². The average molecular weight is 260 g/mol. The number of para-hydroxylation sites is 1. The Bertz CT molecular complexity index is 762. The van der Waals surface area contributed by atoms with E-state index in [1.54, 1.807) is 24.3 Å². The van der Waals surface area contributed by atoms with E-state index < -0.39 is 11.2 Å². The summed E-state index contributed by atoms with van der Waals surface area (Å²) in [5.74, 6) is 0.392. The quantitative estimate of drug-likeness (QED) is 0.741. The van der Waals surface area contributed by atoms with E-state index in [1.807, 2.05) is 4.98 Å². The lowest BCUT2D eigenvalue weighted by atomic mass is 10.3. The number of nitrogens with zero attached hydrogens (tertiary/aromatic N) is 2. The Balaban J connectivity index is 2.16. The number of aromatic amines is 2. The van der Waals surface area contributed by atoms with Gasteiger partial charge in [-0.2, -0.15) is 0 Å². The number of aromatic nitrogens is 2. The van der Waals surface area contributed by atoms with Crippen molar-refractivity contribution in [2.45, 2.75) is 0 Å². The molecule has 2 aromatic rings. The highest BCUT2D eigenvalue weighted by Gasteiger charge is 2.13. The zero-order valence-electron chi connectivity index (χ0n) is 9.54. The molecule has 0 bridgehead atoms. The number of rotatable bonds is 0. The fourth-order valence-corrected chi connectivity index (χ4v) is 1.57. The smallest absolute Gasteiger partial charge is 0.328 e. The highest BCUT2D eigenvalue weighted by atomic mass is 16.7. The molecule has 8 heteroatoms. The van der Waals surface area contributed by atoms with Gasteiger partial charge in [-0.1, -0.05) is 12.1 Å². The van der Waals surface area contributed by atoms with Crippen LogP contribution in [-0.4, -0.2) is 16.8 Å². The van der Waals surface area contributed by atoms with Crippen LogP contribution in [0.2, 0.25) is 0 Å². The van der Waals surface area contributed by atoms with Crippen molar-refractivity contribution < 1.29 is 9.47 Å². The first-order chi connectivity index (χ1) is 9.24. The summed E-state index contributed by atoms with van der Waals surface area (Å²) in [5.41, 5.74) is -1.01. The topological polar surface area (TPSA) is 109 Å². The van der Waals surface area contributed by atoms with Crippen molar-refractivity contribution in [1.82, 2.24) is 9.97 Å². The molecule has 2 N–H and O–H groups in total. The minimum atomic E-state index is -0.685. The van der Waals surface area contributed by atoms with E-state index in [0.29, 0.717) is 11.4 Å². The average Bonchev–Trinajstić information content (AvgIpc) is 2.47. The van der Waals surface area contributed by atoms with Crippen LogP contribution in [0.5, 0.6) is 11.6 Å². The summed E-state index contributed by atoms with van der Waals surface area (Å²) >= 11 is 0. The Hall–Kier alpha value is -2.90. The van der Waals surface area contributed by atoms with Crippen LogP contribution in [0.4, 0.5) is 11.4 Å². The second-order valence-corrected chi connectivity index (χ2v) is 3.66. The van der Waals surface area contributed by atoms with E-state index in [1.165, 1.54) is 0 Å². The number of hydrogen-bond donors (Lipinski definition) is 2. The van der Waals surface area contributed by atoms with Gasteiger partial charge in [0.05, 0.1) is 0 Å². The van der Waals surface area contributed by atoms with Gasteiger partial charge in [-0.05, 0) is 12.1 Å². The molecule has 2 heterocycles. The number of ether oxygens (including phenoxy) is 2. The largest absolute Gasteiger partial charge is 0.455 e. The lowest BCUT2D eigenvalue weighted by Gasteiger charge is -2.07. The van der Waals surface area contributed by atoms with Crippen LogP contribution < -0.4 is 20.7 Å². The van der Waals surface area contributed by atoms with Crippen molar-refractivity contribution in [3.8, 4) is 11.6 Å². The molecular formula is C11H8N4O4. The maximum atomic E-state index is 11.6. The second-order valence-electron chi connectivity index (χ2n) is 3.66. The molecule has 3 rings (SSSR count). The summed E-state index contributed by atoms with van der Waals surface area (Å²) in [4.78, 5) is 27.2. The van der Waals surface area contributed by atoms with Gasteiger partial charge in [-0.15, -0.1) is 10.2 Å². The third-order valence-corrected chi connectivity index (χ3v) is 2.42. The standard InChI is InChI=1S/C11H8N4O4/c16-9-8-10(13-11(17)12-9)19-5-18-7-4-2-1-3-6(7)14-15-8/h1-4H,5H2,(H2,12,13,16,17). The van der Waals surface area contributed by atoms with Crippen LogP contribution in [0.25, 0.3) is 0 Å². The highest BCUT2D eigenvalue weighted by Crippen LogP contribution is 2.31. The predicted octanol–water partition coefficient (Wildman–Crippen LogP) is 1.21. The van der Waals surface area contributed by atoms with Crippen molar-refractivity contribution in [2.24, 2.45) is 10.2 Å². The Kier molecular flexibility index (Phi) is 2.60. The number of H-pyrrole nitrogens is 2. The van der Waals surface area contributed by atoms with Gasteiger partial charge in [0.15, 0.2) is 5.75 Å². The monoisotopic (exact) mass is 260 g/mol. The Labute approximate surface area is 105 Å². The van der Waals surface area contributed by atoms with E-state index >= 15 is 0 Å². The fourth-order valence-electron chi connectivity index (χ4n) is 1.57. The van der Waals surface area contributed by atoms with Crippen molar-refractivity contribution in [3.05, 3.63) is 45.1 Å². The Morgan fingerprint density at radius 1 is 1.05 bits per heavy atom. The van der Waals surface area contributed by atoms with Crippen LogP contribution in [0.1, 0.15) is 0 Å². The van der Waals surface area contributed by atoms with Gasteiger partial charge in [0, 0.05) is 0 Å². The van der Waals surface area contributed by atoms with Crippen LogP contribution in [0.3, 0.4) is 0 Å². The van der Waals surface area contributed by atoms with E-state index in [4.69, 9.17) is 9.47 Å². The lowest BCUT2D eigenvalue weighted by molar-refractivity contribution is 0.116. The van der Waals surface area contributed by atoms with Crippen molar-refractivity contribution in [1.29, 1.82) is 0 Å². The Morgan fingerprint density at radius 2 is 1.89 bits per heavy atom. The molecule has 0 saturated heterocycles. The molecule has 19 heavy (non-hydrogen) atoms. The van der Waals surface area contributed by atoms with Gasteiger partial charge in [0.1, 0.15) is 5.69 Å². The zero-order chi connectivity index (χ0) is 13.2. The third-order valence-electron chi connectivity index (χ3n) is 2.42. The summed E-state index contributed by atoms with van der Waals surface area (Å²) in [6, 6.07) is 6.91. The fraction of sp³-hybridized carbons (Fsp3) is 0.0909. The minimum Gasteiger partial charge on any atom is -0.455 e. The molecule has 0 aliphatic carbocycles. The van der Waals surface area contributed by atoms with Crippen LogP contribution >= 0.6 is 0 Å². The maximum Gasteiger partial charge on any atom is 0.328 e. The summed E-state index contributed by atoms with van der Waals surface area (Å²) in [7, 11) is 0. The molecule has 96 valence electrons. The highest BCUT2D eigenvalue weighted by molar-refractivity contribution is 5.52. The molecular weight excluding hydrogens is 252 g/mol. The predicted molar refractivity (Wildman–Crippen MR) is 64.4 cm³/mol. The number of hydrogen-bond acceptors (Lipinski definition) is 6. The summed E-state index contributed by atoms with van der Waals surface area (Å²) in [6.45, 7) is -0.172. The summed E-state index contributed by atoms with van der Waals surface area (Å²) in [6.07, 6.45) is 0. The third kappa shape index (κ3) is 2.10. The number of nitrogens with one attached hydrogen (secondary N) is 2. The molecule has 0 atom stereocenters. The van der Waals surface area contributed by atoms with E-state index in [9.17, 15) is 9.59 Å². The molecule has 0 saturated carbocycles. The first-order valence-electron chi connectivity index (χ1n) is 5.37. The number of benzene rings is 1. The normalized spacial score (nSPS) is 13.1. The maximum absolute atomic E-state index is 11.6. The van der Waals surface area contributed by atoms with Crippen molar-refractivity contribution >= 4 is 11.4 Å². The first kappa shape index (κ1) is 11.2. The van der Waals surface area contributed by atoms with Gasteiger partial charge in [-0.25, -0.2) is 4.79 Å². The molecule has 0 spiro atoms. The van der Waals surface area contributed by atoms with E-state index in [-0.39, 0.29) is 18.4 Å². The summed E-state index contributed by atoms with van der Waals surface area (Å²) in [5, 5.41) is 7.71. The van der Waals surface area contributed by atoms with Gasteiger partial charge < -0.3 is 9.47 Å². The van der Waals surface area contributed by atoms with Crippen LogP contribution in [0, 0.1) is 0 Å².